The molecule has 1 N–H and O–H groups in total. The van der Waals surface area contributed by atoms with Crippen LogP contribution in [0, 0.1) is 0 Å². The van der Waals surface area contributed by atoms with Crippen LogP contribution in [0.5, 0.6) is 0 Å². The van der Waals surface area contributed by atoms with Crippen LogP contribution >= 0.6 is 15.9 Å². The van der Waals surface area contributed by atoms with E-state index >= 15 is 0 Å². The normalized spacial score (nSPS) is 10.9. The Morgan fingerprint density at radius 3 is 2.81 bits per heavy atom. The monoisotopic (exact) mass is 346 g/mol. The van der Waals surface area contributed by atoms with Crippen molar-refractivity contribution in [2.45, 2.75) is 19.4 Å². The maximum atomic E-state index is 4.33. The van der Waals surface area contributed by atoms with Gasteiger partial charge in [0.15, 0.2) is 0 Å². The Hall–Kier alpha value is -2.02. The minimum Gasteiger partial charge on any atom is -0.369 e. The first-order valence-electron chi connectivity index (χ1n) is 6.79. The van der Waals surface area contributed by atoms with Crippen LogP contribution in [0.3, 0.4) is 0 Å². The maximum absolute atomic E-state index is 4.33. The summed E-state index contributed by atoms with van der Waals surface area (Å²) >= 11 is 3.48. The largest absolute Gasteiger partial charge is 0.369 e. The molecule has 0 atom stereocenters. The molecule has 6 nitrogen and oxygen atoms in total. The zero-order valence-corrected chi connectivity index (χ0v) is 13.0. The summed E-state index contributed by atoms with van der Waals surface area (Å²) in [5.74, 6) is 0.880. The molecule has 7 heteroatoms. The number of hydrogen-bond donors (Lipinski definition) is 1. The van der Waals surface area contributed by atoms with E-state index < -0.39 is 0 Å². The number of nitrogens with zero attached hydrogens (tertiary/aromatic N) is 5. The molecule has 108 valence electrons. The number of aromatic nitrogens is 5. The van der Waals surface area contributed by atoms with Gasteiger partial charge in [-0.2, -0.15) is 0 Å². The first-order valence-corrected chi connectivity index (χ1v) is 7.59. The zero-order valence-electron chi connectivity index (χ0n) is 11.4. The second-order valence-electron chi connectivity index (χ2n) is 4.72. The third-order valence-corrected chi connectivity index (χ3v) is 3.69. The van der Waals surface area contributed by atoms with Crippen molar-refractivity contribution in [2.24, 2.45) is 0 Å². The van der Waals surface area contributed by atoms with Crippen molar-refractivity contribution in [3.63, 3.8) is 0 Å². The third kappa shape index (κ3) is 3.55. The number of fused-ring (bicyclic) bond motifs is 1. The van der Waals surface area contributed by atoms with Crippen LogP contribution in [-0.4, -0.2) is 31.3 Å². The molecular formula is C14H15BrN6. The lowest BCUT2D eigenvalue weighted by atomic mass is 10.2. The number of halogens is 1. The topological polar surface area (TPSA) is 68.5 Å². The van der Waals surface area contributed by atoms with E-state index in [1.54, 1.807) is 19.0 Å². The van der Waals surface area contributed by atoms with Gasteiger partial charge in [-0.15, -0.1) is 10.2 Å². The fourth-order valence-corrected chi connectivity index (χ4v) is 2.49. The van der Waals surface area contributed by atoms with Gasteiger partial charge in [0, 0.05) is 22.9 Å². The van der Waals surface area contributed by atoms with Crippen LogP contribution in [0.15, 0.2) is 41.7 Å². The van der Waals surface area contributed by atoms with Crippen molar-refractivity contribution >= 4 is 32.7 Å². The van der Waals surface area contributed by atoms with E-state index in [1.807, 2.05) is 22.8 Å². The van der Waals surface area contributed by atoms with Crippen molar-refractivity contribution < 1.29 is 0 Å². The van der Waals surface area contributed by atoms with Gasteiger partial charge in [-0.1, -0.05) is 15.9 Å². The van der Waals surface area contributed by atoms with E-state index in [4.69, 9.17) is 0 Å². The molecule has 0 bridgehead atoms. The highest BCUT2D eigenvalue weighted by atomic mass is 79.9. The summed E-state index contributed by atoms with van der Waals surface area (Å²) in [6.45, 7) is 1.81. The smallest absolute Gasteiger partial charge is 0.137 e. The molecule has 0 saturated carbocycles. The molecule has 0 saturated heterocycles. The van der Waals surface area contributed by atoms with E-state index in [-0.39, 0.29) is 0 Å². The summed E-state index contributed by atoms with van der Waals surface area (Å²) in [5, 5.41) is 12.0. The Kier molecular flexibility index (Phi) is 4.40. The average molecular weight is 347 g/mol. The lowest BCUT2D eigenvalue weighted by Gasteiger charge is -2.08. The number of nitrogens with one attached hydrogen (secondary N) is 1. The van der Waals surface area contributed by atoms with Gasteiger partial charge in [-0.05, 0) is 31.0 Å². The molecule has 21 heavy (non-hydrogen) atoms. The van der Waals surface area contributed by atoms with Gasteiger partial charge in [0.2, 0.25) is 0 Å². The van der Waals surface area contributed by atoms with Crippen molar-refractivity contribution in [2.75, 3.05) is 11.9 Å². The lowest BCUT2D eigenvalue weighted by molar-refractivity contribution is 0.619. The van der Waals surface area contributed by atoms with Crippen molar-refractivity contribution in [3.8, 4) is 0 Å². The van der Waals surface area contributed by atoms with E-state index in [9.17, 15) is 0 Å². The summed E-state index contributed by atoms with van der Waals surface area (Å²) in [7, 11) is 0. The number of rotatable bonds is 6. The third-order valence-electron chi connectivity index (χ3n) is 3.20. The number of benzene rings is 1. The Labute approximate surface area is 130 Å². The number of unbranched alkanes of at least 4 members (excludes halogenated alkanes) is 1. The summed E-state index contributed by atoms with van der Waals surface area (Å²) in [6.07, 6.45) is 7.19. The second kappa shape index (κ2) is 6.62. The summed E-state index contributed by atoms with van der Waals surface area (Å²) in [6, 6.07) is 6.01. The predicted octanol–water partition coefficient (Wildman–Crippen LogP) is 2.88. The van der Waals surface area contributed by atoms with Gasteiger partial charge >= 0.3 is 0 Å². The SMILES string of the molecule is Brc1ccc2ncnc(NCCCCn3cnnc3)c2c1. The highest BCUT2D eigenvalue weighted by Crippen LogP contribution is 2.23. The van der Waals surface area contributed by atoms with Crippen molar-refractivity contribution in [3.05, 3.63) is 41.7 Å². The Morgan fingerprint density at radius 1 is 1.10 bits per heavy atom. The van der Waals surface area contributed by atoms with E-state index in [1.165, 1.54) is 0 Å². The van der Waals surface area contributed by atoms with Crippen molar-refractivity contribution in [1.29, 1.82) is 0 Å². The maximum Gasteiger partial charge on any atom is 0.137 e. The summed E-state index contributed by atoms with van der Waals surface area (Å²) in [4.78, 5) is 8.60. The second-order valence-corrected chi connectivity index (χ2v) is 5.63. The minimum absolute atomic E-state index is 0.876. The van der Waals surface area contributed by atoms with Crippen LogP contribution < -0.4 is 5.32 Å². The fraction of sp³-hybridized carbons (Fsp3) is 0.286. The van der Waals surface area contributed by atoms with Gasteiger partial charge < -0.3 is 9.88 Å². The molecule has 1 aromatic carbocycles. The molecular weight excluding hydrogens is 332 g/mol. The summed E-state index contributed by atoms with van der Waals surface area (Å²) < 4.78 is 3.01. The minimum atomic E-state index is 0.876. The van der Waals surface area contributed by atoms with Crippen LogP contribution in [0.2, 0.25) is 0 Å². The average Bonchev–Trinajstić information content (AvgIpc) is 3.00. The van der Waals surface area contributed by atoms with Gasteiger partial charge in [-0.25, -0.2) is 9.97 Å². The molecule has 0 aliphatic carbocycles. The summed E-state index contributed by atoms with van der Waals surface area (Å²) in [5.41, 5.74) is 0.945. The highest BCUT2D eigenvalue weighted by Gasteiger charge is 2.03. The lowest BCUT2D eigenvalue weighted by Crippen LogP contribution is -2.06. The Balaban J connectivity index is 1.56. The molecule has 0 aliphatic heterocycles. The van der Waals surface area contributed by atoms with Crippen molar-refractivity contribution in [1.82, 2.24) is 24.7 Å². The van der Waals surface area contributed by atoms with Crippen LogP contribution in [0.25, 0.3) is 10.9 Å². The molecule has 0 aliphatic rings. The number of anilines is 1. The molecule has 3 rings (SSSR count). The highest BCUT2D eigenvalue weighted by molar-refractivity contribution is 9.10. The zero-order chi connectivity index (χ0) is 14.5. The Morgan fingerprint density at radius 2 is 1.95 bits per heavy atom. The first-order chi connectivity index (χ1) is 10.3. The Bertz CT molecular complexity index is 713. The molecule has 0 unspecified atom stereocenters. The standard InChI is InChI=1S/C14H15BrN6/c15-11-3-4-13-12(7-11)14(18-8-17-13)16-5-1-2-6-21-9-19-20-10-21/h3-4,7-10H,1-2,5-6H2,(H,16,17,18). The fourth-order valence-electron chi connectivity index (χ4n) is 2.13. The molecule has 3 aromatic rings. The quantitative estimate of drug-likeness (QED) is 0.695. The van der Waals surface area contributed by atoms with Crippen LogP contribution in [0.4, 0.5) is 5.82 Å². The van der Waals surface area contributed by atoms with Crippen LogP contribution in [-0.2, 0) is 6.54 Å². The molecule has 0 spiro atoms. The predicted molar refractivity (Wildman–Crippen MR) is 85.0 cm³/mol. The van der Waals surface area contributed by atoms with E-state index in [0.717, 1.165) is 47.1 Å². The van der Waals surface area contributed by atoms with E-state index in [2.05, 4.69) is 41.4 Å². The van der Waals surface area contributed by atoms with Gasteiger partial charge in [0.25, 0.3) is 0 Å². The number of aryl methyl sites for hydroxylation is 1. The molecule has 0 amide bonds. The van der Waals surface area contributed by atoms with Gasteiger partial charge in [-0.3, -0.25) is 0 Å². The van der Waals surface area contributed by atoms with E-state index in [0.29, 0.717) is 0 Å². The number of hydrogen-bond acceptors (Lipinski definition) is 5. The first kappa shape index (κ1) is 13.9. The molecule has 2 heterocycles. The van der Waals surface area contributed by atoms with Gasteiger partial charge in [0.05, 0.1) is 5.52 Å². The molecule has 2 aromatic heterocycles. The van der Waals surface area contributed by atoms with Crippen LogP contribution in [0.1, 0.15) is 12.8 Å². The molecule has 0 radical (unpaired) electrons. The molecule has 0 fully saturated rings. The van der Waals surface area contributed by atoms with Gasteiger partial charge in [0.1, 0.15) is 24.8 Å².